The molecule has 0 aliphatic heterocycles. The summed E-state index contributed by atoms with van der Waals surface area (Å²) in [4.78, 5) is 0. The Labute approximate surface area is 124 Å². The van der Waals surface area contributed by atoms with Crippen molar-refractivity contribution in [3.8, 4) is 0 Å². The topological polar surface area (TPSA) is 12.0 Å². The second-order valence-electron chi connectivity index (χ2n) is 4.08. The maximum absolute atomic E-state index is 13.2. The standard InChI is InChI=1S/C14H12ClFIN/c1-9(10-2-4-13(17)5-3-10)18-14-7-11(15)6-12(16)8-14/h2-9,18H,1H3. The molecule has 2 aromatic carbocycles. The van der Waals surface area contributed by atoms with E-state index in [0.29, 0.717) is 10.7 Å². The van der Waals surface area contributed by atoms with Gasteiger partial charge in [-0.15, -0.1) is 0 Å². The van der Waals surface area contributed by atoms with Crippen molar-refractivity contribution in [3.63, 3.8) is 0 Å². The molecule has 0 radical (unpaired) electrons. The molecule has 1 atom stereocenters. The zero-order valence-corrected chi connectivity index (χ0v) is 12.7. The van der Waals surface area contributed by atoms with Crippen LogP contribution >= 0.6 is 34.2 Å². The van der Waals surface area contributed by atoms with E-state index in [-0.39, 0.29) is 11.9 Å². The highest BCUT2D eigenvalue weighted by molar-refractivity contribution is 14.1. The minimum absolute atomic E-state index is 0.0971. The summed E-state index contributed by atoms with van der Waals surface area (Å²) in [6.07, 6.45) is 0. The molecule has 1 nitrogen and oxygen atoms in total. The van der Waals surface area contributed by atoms with Gasteiger partial charge in [-0.3, -0.25) is 0 Å². The van der Waals surface area contributed by atoms with Crippen LogP contribution in [0.1, 0.15) is 18.5 Å². The largest absolute Gasteiger partial charge is 0.378 e. The highest BCUT2D eigenvalue weighted by atomic mass is 127. The third-order valence-electron chi connectivity index (χ3n) is 2.62. The maximum Gasteiger partial charge on any atom is 0.126 e. The molecule has 0 aromatic heterocycles. The fourth-order valence-corrected chi connectivity index (χ4v) is 2.30. The Hall–Kier alpha value is -0.810. The first-order valence-corrected chi connectivity index (χ1v) is 6.98. The van der Waals surface area contributed by atoms with E-state index in [1.54, 1.807) is 6.07 Å². The van der Waals surface area contributed by atoms with Crippen molar-refractivity contribution in [1.29, 1.82) is 0 Å². The van der Waals surface area contributed by atoms with E-state index in [9.17, 15) is 4.39 Å². The summed E-state index contributed by atoms with van der Waals surface area (Å²) in [5.74, 6) is -0.334. The molecule has 0 saturated carbocycles. The van der Waals surface area contributed by atoms with Gasteiger partial charge < -0.3 is 5.32 Å². The average molecular weight is 376 g/mol. The minimum atomic E-state index is -0.334. The van der Waals surface area contributed by atoms with Gasteiger partial charge in [0.25, 0.3) is 0 Å². The molecule has 1 unspecified atom stereocenters. The van der Waals surface area contributed by atoms with Gasteiger partial charge in [-0.05, 0) is 65.4 Å². The van der Waals surface area contributed by atoms with Crippen LogP contribution in [0.2, 0.25) is 5.02 Å². The van der Waals surface area contributed by atoms with E-state index in [0.717, 1.165) is 5.56 Å². The minimum Gasteiger partial charge on any atom is -0.378 e. The number of hydrogen-bond donors (Lipinski definition) is 1. The Morgan fingerprint density at radius 1 is 1.17 bits per heavy atom. The van der Waals surface area contributed by atoms with E-state index in [1.807, 2.05) is 19.1 Å². The van der Waals surface area contributed by atoms with Gasteiger partial charge in [-0.1, -0.05) is 23.7 Å². The molecule has 1 N–H and O–H groups in total. The lowest BCUT2D eigenvalue weighted by Crippen LogP contribution is -2.06. The van der Waals surface area contributed by atoms with Gasteiger partial charge in [0, 0.05) is 20.3 Å². The van der Waals surface area contributed by atoms with E-state index >= 15 is 0 Å². The molecule has 18 heavy (non-hydrogen) atoms. The highest BCUT2D eigenvalue weighted by Crippen LogP contribution is 2.23. The summed E-state index contributed by atoms with van der Waals surface area (Å²) in [7, 11) is 0. The Morgan fingerprint density at radius 2 is 1.83 bits per heavy atom. The monoisotopic (exact) mass is 375 g/mol. The van der Waals surface area contributed by atoms with Gasteiger partial charge in [-0.2, -0.15) is 0 Å². The van der Waals surface area contributed by atoms with Crippen LogP contribution in [-0.4, -0.2) is 0 Å². The van der Waals surface area contributed by atoms with Crippen molar-refractivity contribution in [1.82, 2.24) is 0 Å². The van der Waals surface area contributed by atoms with Crippen molar-refractivity contribution in [2.75, 3.05) is 5.32 Å². The summed E-state index contributed by atoms with van der Waals surface area (Å²) in [5.41, 5.74) is 1.84. The van der Waals surface area contributed by atoms with Crippen LogP contribution in [0, 0.1) is 9.39 Å². The fraction of sp³-hybridized carbons (Fsp3) is 0.143. The normalized spacial score (nSPS) is 12.2. The zero-order chi connectivity index (χ0) is 13.1. The smallest absolute Gasteiger partial charge is 0.126 e. The van der Waals surface area contributed by atoms with Crippen LogP contribution in [0.3, 0.4) is 0 Å². The third kappa shape index (κ3) is 3.59. The quantitative estimate of drug-likeness (QED) is 0.722. The summed E-state index contributed by atoms with van der Waals surface area (Å²) in [6.45, 7) is 2.03. The lowest BCUT2D eigenvalue weighted by Gasteiger charge is -2.16. The Bertz CT molecular complexity index is 522. The van der Waals surface area contributed by atoms with Gasteiger partial charge in [-0.25, -0.2) is 4.39 Å². The van der Waals surface area contributed by atoms with Crippen LogP contribution < -0.4 is 5.32 Å². The van der Waals surface area contributed by atoms with Crippen LogP contribution in [0.4, 0.5) is 10.1 Å². The number of nitrogens with one attached hydrogen (secondary N) is 1. The van der Waals surface area contributed by atoms with Gasteiger partial charge in [0.05, 0.1) is 0 Å². The molecule has 94 valence electrons. The van der Waals surface area contributed by atoms with Gasteiger partial charge >= 0.3 is 0 Å². The lowest BCUT2D eigenvalue weighted by molar-refractivity contribution is 0.628. The lowest BCUT2D eigenvalue weighted by atomic mass is 10.1. The number of hydrogen-bond acceptors (Lipinski definition) is 1. The molecule has 2 aromatic rings. The summed E-state index contributed by atoms with van der Waals surface area (Å²) < 4.78 is 14.4. The van der Waals surface area contributed by atoms with Crippen LogP contribution in [0.5, 0.6) is 0 Å². The number of benzene rings is 2. The first-order valence-electron chi connectivity index (χ1n) is 5.53. The number of anilines is 1. The molecule has 0 heterocycles. The SMILES string of the molecule is CC(Nc1cc(F)cc(Cl)c1)c1ccc(I)cc1. The van der Waals surface area contributed by atoms with E-state index < -0.39 is 0 Å². The van der Waals surface area contributed by atoms with Crippen molar-refractivity contribution < 1.29 is 4.39 Å². The van der Waals surface area contributed by atoms with Crippen LogP contribution in [0.25, 0.3) is 0 Å². The number of halogens is 3. The molecular formula is C14H12ClFIN. The van der Waals surface area contributed by atoms with Crippen molar-refractivity contribution >= 4 is 39.9 Å². The molecule has 4 heteroatoms. The predicted octanol–water partition coefficient (Wildman–Crippen LogP) is 5.26. The van der Waals surface area contributed by atoms with E-state index in [2.05, 4.69) is 40.0 Å². The maximum atomic E-state index is 13.2. The molecule has 0 bridgehead atoms. The van der Waals surface area contributed by atoms with Crippen LogP contribution in [-0.2, 0) is 0 Å². The van der Waals surface area contributed by atoms with Gasteiger partial charge in [0.1, 0.15) is 5.82 Å². The third-order valence-corrected chi connectivity index (χ3v) is 3.55. The first kappa shape index (κ1) is 13.6. The summed E-state index contributed by atoms with van der Waals surface area (Å²) in [5, 5.41) is 3.63. The van der Waals surface area contributed by atoms with Gasteiger partial charge in [0.15, 0.2) is 0 Å². The van der Waals surface area contributed by atoms with Crippen molar-refractivity contribution in [3.05, 3.63) is 62.4 Å². The summed E-state index contributed by atoms with van der Waals surface area (Å²) in [6, 6.07) is 12.8. The molecule has 0 aliphatic carbocycles. The fourth-order valence-electron chi connectivity index (χ4n) is 1.72. The van der Waals surface area contributed by atoms with E-state index in [1.165, 1.54) is 15.7 Å². The molecule has 0 aliphatic rings. The first-order chi connectivity index (χ1) is 8.54. The molecule has 0 amide bonds. The van der Waals surface area contributed by atoms with Crippen molar-refractivity contribution in [2.24, 2.45) is 0 Å². The van der Waals surface area contributed by atoms with Gasteiger partial charge in [0.2, 0.25) is 0 Å². The van der Waals surface area contributed by atoms with Crippen molar-refractivity contribution in [2.45, 2.75) is 13.0 Å². The second-order valence-corrected chi connectivity index (χ2v) is 5.76. The van der Waals surface area contributed by atoms with E-state index in [4.69, 9.17) is 11.6 Å². The summed E-state index contributed by atoms with van der Waals surface area (Å²) >= 11 is 8.08. The second kappa shape index (κ2) is 5.89. The molecule has 0 spiro atoms. The Morgan fingerprint density at radius 3 is 2.44 bits per heavy atom. The Balaban J connectivity index is 2.15. The molecule has 0 saturated heterocycles. The highest BCUT2D eigenvalue weighted by Gasteiger charge is 2.06. The Kier molecular flexibility index (Phi) is 4.45. The molecule has 2 rings (SSSR count). The van der Waals surface area contributed by atoms with Crippen LogP contribution in [0.15, 0.2) is 42.5 Å². The molecule has 0 fully saturated rings. The average Bonchev–Trinajstić information content (AvgIpc) is 2.28. The molecular weight excluding hydrogens is 364 g/mol. The number of rotatable bonds is 3. The zero-order valence-electron chi connectivity index (χ0n) is 9.75. The predicted molar refractivity (Wildman–Crippen MR) is 82.6 cm³/mol.